The molecule has 1 amide bonds. The van der Waals surface area contributed by atoms with Crippen LogP contribution in [0.5, 0.6) is 11.5 Å². The lowest BCUT2D eigenvalue weighted by molar-refractivity contribution is -0.125. The van der Waals surface area contributed by atoms with Gasteiger partial charge >= 0.3 is 10.2 Å². The largest absolute Gasteiger partial charge is 0.497 e. The molecule has 1 saturated heterocycles. The number of rotatable bonds is 10. The monoisotopic (exact) mass is 579 g/mol. The first-order valence-corrected chi connectivity index (χ1v) is 15.5. The van der Waals surface area contributed by atoms with Gasteiger partial charge in [0, 0.05) is 13.1 Å². The van der Waals surface area contributed by atoms with Gasteiger partial charge in [-0.05, 0) is 65.6 Å². The average molecular weight is 580 g/mol. The van der Waals surface area contributed by atoms with E-state index in [-0.39, 0.29) is 11.8 Å². The van der Waals surface area contributed by atoms with Crippen molar-refractivity contribution in [2.24, 2.45) is 0 Å². The van der Waals surface area contributed by atoms with Crippen LogP contribution in [-0.2, 0) is 20.4 Å². The van der Waals surface area contributed by atoms with Gasteiger partial charge in [0.25, 0.3) is 0 Å². The van der Waals surface area contributed by atoms with Gasteiger partial charge in [-0.25, -0.2) is 4.72 Å². The number of nitrogens with one attached hydrogen (secondary N) is 2. The molecule has 9 heteroatoms. The predicted molar refractivity (Wildman–Crippen MR) is 164 cm³/mol. The van der Waals surface area contributed by atoms with E-state index in [1.807, 2.05) is 94.4 Å². The Labute approximate surface area is 244 Å². The van der Waals surface area contributed by atoms with Gasteiger partial charge in [0.2, 0.25) is 5.91 Å². The minimum Gasteiger partial charge on any atom is -0.497 e. The standard InChI is InChI=1S/C32H41N3O5S/c1-22(2)26-13-10-14-27(23(3)4)30(26)33-41(37,38)34-31(36)32(24-11-9-12-25(21-24)39-5)17-19-35(20-18-32)28-15-7-8-16-29(28)40-6/h7-16,21-23,33H,17-20H2,1-6H3,(H,34,36). The van der Waals surface area contributed by atoms with Gasteiger partial charge in [-0.1, -0.05) is 70.2 Å². The van der Waals surface area contributed by atoms with E-state index in [0.717, 1.165) is 28.1 Å². The van der Waals surface area contributed by atoms with E-state index in [9.17, 15) is 13.2 Å². The van der Waals surface area contributed by atoms with Crippen LogP contribution in [0.2, 0.25) is 0 Å². The molecule has 0 aromatic heterocycles. The molecule has 41 heavy (non-hydrogen) atoms. The molecule has 1 heterocycles. The van der Waals surface area contributed by atoms with Gasteiger partial charge in [-0.2, -0.15) is 8.42 Å². The number of benzene rings is 3. The maximum atomic E-state index is 14.1. The van der Waals surface area contributed by atoms with E-state index in [2.05, 4.69) is 14.3 Å². The topological polar surface area (TPSA) is 97.0 Å². The molecule has 2 N–H and O–H groups in total. The molecule has 220 valence electrons. The van der Waals surface area contributed by atoms with Crippen LogP contribution in [0.1, 0.15) is 69.1 Å². The lowest BCUT2D eigenvalue weighted by Crippen LogP contribution is -2.53. The Hall–Kier alpha value is -3.72. The number of anilines is 2. The quantitative estimate of drug-likeness (QED) is 0.308. The minimum atomic E-state index is -4.25. The Morgan fingerprint density at radius 3 is 2.05 bits per heavy atom. The van der Waals surface area contributed by atoms with Crippen LogP contribution in [0.3, 0.4) is 0 Å². The third-order valence-electron chi connectivity index (χ3n) is 7.94. The Morgan fingerprint density at radius 2 is 1.46 bits per heavy atom. The maximum absolute atomic E-state index is 14.1. The zero-order valence-corrected chi connectivity index (χ0v) is 25.5. The molecule has 0 atom stereocenters. The van der Waals surface area contributed by atoms with Gasteiger partial charge in [0.05, 0.1) is 31.0 Å². The highest BCUT2D eigenvalue weighted by atomic mass is 32.2. The molecular formula is C32H41N3O5S. The molecule has 0 aliphatic carbocycles. The Balaban J connectivity index is 1.67. The van der Waals surface area contributed by atoms with Crippen molar-refractivity contribution in [1.29, 1.82) is 0 Å². The normalized spacial score (nSPS) is 15.1. The highest BCUT2D eigenvalue weighted by Gasteiger charge is 2.45. The number of nitrogens with zero attached hydrogens (tertiary/aromatic N) is 1. The molecule has 1 aliphatic heterocycles. The van der Waals surface area contributed by atoms with Gasteiger partial charge in [-0.3, -0.25) is 9.52 Å². The predicted octanol–water partition coefficient (Wildman–Crippen LogP) is 5.96. The molecule has 8 nitrogen and oxygen atoms in total. The van der Waals surface area contributed by atoms with Gasteiger partial charge in [0.1, 0.15) is 11.5 Å². The van der Waals surface area contributed by atoms with Crippen molar-refractivity contribution in [3.63, 3.8) is 0 Å². The summed E-state index contributed by atoms with van der Waals surface area (Å²) in [5.74, 6) is 0.970. The van der Waals surface area contributed by atoms with Crippen LogP contribution in [0.25, 0.3) is 0 Å². The van der Waals surface area contributed by atoms with Crippen molar-refractivity contribution in [2.45, 2.75) is 57.8 Å². The molecule has 0 radical (unpaired) electrons. The second kappa shape index (κ2) is 12.4. The van der Waals surface area contributed by atoms with E-state index in [1.54, 1.807) is 14.2 Å². The Kier molecular flexibility index (Phi) is 9.17. The fourth-order valence-corrected chi connectivity index (χ4v) is 6.63. The second-order valence-electron chi connectivity index (χ2n) is 11.1. The van der Waals surface area contributed by atoms with Crippen molar-refractivity contribution in [2.75, 3.05) is 36.9 Å². The van der Waals surface area contributed by atoms with Crippen LogP contribution in [0, 0.1) is 0 Å². The summed E-state index contributed by atoms with van der Waals surface area (Å²) in [7, 11) is -1.04. The second-order valence-corrected chi connectivity index (χ2v) is 12.5. The molecular weight excluding hydrogens is 538 g/mol. The summed E-state index contributed by atoms with van der Waals surface area (Å²) in [5.41, 5.74) is 2.85. The zero-order valence-electron chi connectivity index (χ0n) is 24.7. The summed E-state index contributed by atoms with van der Waals surface area (Å²) in [6.45, 7) is 9.14. The number of methoxy groups -OCH3 is 2. The number of carbonyl (C=O) groups excluding carboxylic acids is 1. The lowest BCUT2D eigenvalue weighted by Gasteiger charge is -2.42. The number of hydrogen-bond acceptors (Lipinski definition) is 6. The molecule has 0 bridgehead atoms. The van der Waals surface area contributed by atoms with E-state index in [0.29, 0.717) is 37.4 Å². The van der Waals surface area contributed by atoms with E-state index >= 15 is 0 Å². The van der Waals surface area contributed by atoms with Crippen LogP contribution in [-0.4, -0.2) is 41.6 Å². The number of amides is 1. The summed E-state index contributed by atoms with van der Waals surface area (Å²) in [6, 6.07) is 20.9. The molecule has 1 aliphatic rings. The smallest absolute Gasteiger partial charge is 0.323 e. The van der Waals surface area contributed by atoms with E-state index in [1.165, 1.54) is 0 Å². The fourth-order valence-electron chi connectivity index (χ4n) is 5.64. The van der Waals surface area contributed by atoms with Crippen molar-refractivity contribution in [3.05, 3.63) is 83.4 Å². The third-order valence-corrected chi connectivity index (χ3v) is 8.86. The van der Waals surface area contributed by atoms with Gasteiger partial charge in [0.15, 0.2) is 0 Å². The highest BCUT2D eigenvalue weighted by molar-refractivity contribution is 7.91. The molecule has 3 aromatic carbocycles. The average Bonchev–Trinajstić information content (AvgIpc) is 2.96. The van der Waals surface area contributed by atoms with Crippen LogP contribution in [0.15, 0.2) is 66.7 Å². The number of hydrogen-bond donors (Lipinski definition) is 2. The molecule has 3 aromatic rings. The number of para-hydroxylation sites is 3. The minimum absolute atomic E-state index is 0.0875. The van der Waals surface area contributed by atoms with Crippen LogP contribution >= 0.6 is 0 Å². The summed E-state index contributed by atoms with van der Waals surface area (Å²) in [4.78, 5) is 16.3. The SMILES string of the molecule is COc1cccc(C2(C(=O)NS(=O)(=O)Nc3c(C(C)C)cccc3C(C)C)CCN(c3ccccc3OC)CC2)c1. The summed E-state index contributed by atoms with van der Waals surface area (Å²) < 4.78 is 43.3. The molecule has 1 fully saturated rings. The van der Waals surface area contributed by atoms with E-state index in [4.69, 9.17) is 9.47 Å². The van der Waals surface area contributed by atoms with Crippen molar-refractivity contribution < 1.29 is 22.7 Å². The molecule has 4 rings (SSSR count). The lowest BCUT2D eigenvalue weighted by atomic mass is 9.72. The first-order chi connectivity index (χ1) is 19.5. The first-order valence-electron chi connectivity index (χ1n) is 14.0. The summed E-state index contributed by atoms with van der Waals surface area (Å²) >= 11 is 0. The zero-order chi connectivity index (χ0) is 29.8. The van der Waals surface area contributed by atoms with Crippen molar-refractivity contribution >= 4 is 27.5 Å². The number of piperidine rings is 1. The maximum Gasteiger partial charge on any atom is 0.323 e. The Morgan fingerprint density at radius 1 is 0.854 bits per heavy atom. The molecule has 0 saturated carbocycles. The Bertz CT molecular complexity index is 1450. The highest BCUT2D eigenvalue weighted by Crippen LogP contribution is 2.41. The number of ether oxygens (including phenoxy) is 2. The fraction of sp³-hybridized carbons (Fsp3) is 0.406. The van der Waals surface area contributed by atoms with E-state index < -0.39 is 21.5 Å². The molecule has 0 unspecified atom stereocenters. The molecule has 0 spiro atoms. The number of carbonyl (C=O) groups is 1. The summed E-state index contributed by atoms with van der Waals surface area (Å²) in [5, 5.41) is 0. The summed E-state index contributed by atoms with van der Waals surface area (Å²) in [6.07, 6.45) is 0.804. The van der Waals surface area contributed by atoms with Crippen LogP contribution in [0.4, 0.5) is 11.4 Å². The van der Waals surface area contributed by atoms with Gasteiger partial charge < -0.3 is 14.4 Å². The van der Waals surface area contributed by atoms with Crippen molar-refractivity contribution in [3.8, 4) is 11.5 Å². The van der Waals surface area contributed by atoms with Gasteiger partial charge in [-0.15, -0.1) is 0 Å². The first kappa shape index (κ1) is 30.2. The van der Waals surface area contributed by atoms with Crippen LogP contribution < -0.4 is 23.8 Å². The third kappa shape index (κ3) is 6.45. The van der Waals surface area contributed by atoms with Crippen molar-refractivity contribution in [1.82, 2.24) is 4.72 Å².